The first-order valence-electron chi connectivity index (χ1n) is 5.05. The number of nitro benzene ring substituents is 1. The van der Waals surface area contributed by atoms with E-state index in [9.17, 15) is 14.9 Å². The Bertz CT molecular complexity index is 656. The molecule has 0 unspecified atom stereocenters. The second-order valence-electron chi connectivity index (χ2n) is 3.58. The first-order chi connectivity index (χ1) is 9.01. The maximum Gasteiger partial charge on any atom is 0.311 e. The van der Waals surface area contributed by atoms with Crippen molar-refractivity contribution in [2.45, 2.75) is 6.92 Å². The molecular formula is C11H7ClN2O4S. The van der Waals surface area contributed by atoms with E-state index in [0.717, 1.165) is 16.9 Å². The molecule has 0 N–H and O–H groups in total. The van der Waals surface area contributed by atoms with E-state index in [4.69, 9.17) is 16.3 Å². The fourth-order valence-electron chi connectivity index (χ4n) is 1.36. The van der Waals surface area contributed by atoms with E-state index in [0.29, 0.717) is 6.29 Å². The Balaban J connectivity index is 2.37. The van der Waals surface area contributed by atoms with E-state index in [1.165, 1.54) is 12.1 Å². The number of aldehydes is 1. The summed E-state index contributed by atoms with van der Waals surface area (Å²) in [7, 11) is 0. The van der Waals surface area contributed by atoms with Crippen molar-refractivity contribution in [3.8, 4) is 10.9 Å². The number of carbonyl (C=O) groups is 1. The van der Waals surface area contributed by atoms with Gasteiger partial charge in [0.15, 0.2) is 11.4 Å². The number of hydrogen-bond acceptors (Lipinski definition) is 6. The third-order valence-electron chi connectivity index (χ3n) is 2.21. The molecule has 19 heavy (non-hydrogen) atoms. The molecule has 0 fully saturated rings. The summed E-state index contributed by atoms with van der Waals surface area (Å²) in [5, 5.41) is 11.0. The van der Waals surface area contributed by atoms with Gasteiger partial charge in [-0.15, -0.1) is 0 Å². The molecule has 1 heterocycles. The van der Waals surface area contributed by atoms with Gasteiger partial charge in [0.2, 0.25) is 5.75 Å². The molecule has 2 aromatic rings. The van der Waals surface area contributed by atoms with Crippen molar-refractivity contribution >= 4 is 34.9 Å². The van der Waals surface area contributed by atoms with Gasteiger partial charge < -0.3 is 4.74 Å². The minimum Gasteiger partial charge on any atom is -0.423 e. The van der Waals surface area contributed by atoms with Crippen LogP contribution in [0.2, 0.25) is 5.15 Å². The predicted octanol–water partition coefficient (Wildman–Crippen LogP) is 3.62. The molecule has 0 bridgehead atoms. The van der Waals surface area contributed by atoms with Crippen LogP contribution in [0.15, 0.2) is 18.2 Å². The molecule has 0 aliphatic heterocycles. The van der Waals surface area contributed by atoms with Gasteiger partial charge in [-0.1, -0.05) is 29.0 Å². The van der Waals surface area contributed by atoms with Crippen LogP contribution in [-0.2, 0) is 0 Å². The first kappa shape index (κ1) is 13.4. The fourth-order valence-corrected chi connectivity index (χ4v) is 2.28. The second-order valence-corrected chi connectivity index (χ2v) is 4.93. The lowest BCUT2D eigenvalue weighted by atomic mass is 10.2. The first-order valence-corrected chi connectivity index (χ1v) is 6.25. The molecule has 98 valence electrons. The van der Waals surface area contributed by atoms with Crippen molar-refractivity contribution in [2.24, 2.45) is 0 Å². The topological polar surface area (TPSA) is 82.3 Å². The van der Waals surface area contributed by atoms with E-state index in [1.807, 2.05) is 0 Å². The smallest absolute Gasteiger partial charge is 0.311 e. The van der Waals surface area contributed by atoms with Crippen LogP contribution in [0.5, 0.6) is 10.9 Å². The normalized spacial score (nSPS) is 10.2. The highest BCUT2D eigenvalue weighted by Gasteiger charge is 2.18. The molecule has 8 heteroatoms. The number of aryl methyl sites for hydroxylation is 1. The maximum absolute atomic E-state index is 10.9. The van der Waals surface area contributed by atoms with Crippen molar-refractivity contribution in [3.63, 3.8) is 0 Å². The maximum atomic E-state index is 10.9. The van der Waals surface area contributed by atoms with Crippen LogP contribution in [0.1, 0.15) is 15.2 Å². The summed E-state index contributed by atoms with van der Waals surface area (Å²) < 4.78 is 5.31. The number of ether oxygens (including phenoxy) is 1. The molecule has 1 aromatic carbocycles. The molecule has 0 spiro atoms. The van der Waals surface area contributed by atoms with Gasteiger partial charge in [-0.2, -0.15) is 4.98 Å². The van der Waals surface area contributed by atoms with E-state index < -0.39 is 4.92 Å². The number of halogens is 1. The van der Waals surface area contributed by atoms with E-state index in [-0.39, 0.29) is 26.7 Å². The molecule has 1 aromatic heterocycles. The van der Waals surface area contributed by atoms with Crippen molar-refractivity contribution in [1.29, 1.82) is 0 Å². The van der Waals surface area contributed by atoms with Crippen LogP contribution in [0, 0.1) is 17.0 Å². The minimum absolute atomic E-state index is 0.0183. The number of benzene rings is 1. The van der Waals surface area contributed by atoms with Crippen LogP contribution in [0.25, 0.3) is 0 Å². The van der Waals surface area contributed by atoms with Crippen LogP contribution >= 0.6 is 22.9 Å². The Morgan fingerprint density at radius 2 is 2.26 bits per heavy atom. The Labute approximate surface area is 116 Å². The number of nitro groups is 1. The Morgan fingerprint density at radius 1 is 1.53 bits per heavy atom. The molecule has 0 radical (unpaired) electrons. The van der Waals surface area contributed by atoms with Gasteiger partial charge in [-0.05, 0) is 18.6 Å². The standard InChI is InChI=1S/C11H7ClN2O4S/c1-6-2-3-8(7(4-6)14(16)17)18-11-13-10(12)9(5-15)19-11/h2-5H,1H3. The molecule has 0 saturated carbocycles. The van der Waals surface area contributed by atoms with E-state index in [1.54, 1.807) is 13.0 Å². The molecule has 0 amide bonds. The summed E-state index contributed by atoms with van der Waals surface area (Å²) >= 11 is 6.62. The van der Waals surface area contributed by atoms with Gasteiger partial charge in [-0.3, -0.25) is 14.9 Å². The highest BCUT2D eigenvalue weighted by atomic mass is 35.5. The van der Waals surface area contributed by atoms with Crippen LogP contribution in [0.4, 0.5) is 5.69 Å². The lowest BCUT2D eigenvalue weighted by Crippen LogP contribution is -1.93. The third kappa shape index (κ3) is 2.88. The zero-order valence-corrected chi connectivity index (χ0v) is 11.2. The van der Waals surface area contributed by atoms with Crippen molar-refractivity contribution in [2.75, 3.05) is 0 Å². The quantitative estimate of drug-likeness (QED) is 0.489. The monoisotopic (exact) mass is 298 g/mol. The molecule has 0 saturated heterocycles. The van der Waals surface area contributed by atoms with Gasteiger partial charge in [0.05, 0.1) is 4.92 Å². The van der Waals surface area contributed by atoms with Crippen LogP contribution in [-0.4, -0.2) is 16.2 Å². The number of rotatable bonds is 4. The van der Waals surface area contributed by atoms with Crippen LogP contribution < -0.4 is 4.74 Å². The van der Waals surface area contributed by atoms with Crippen molar-refractivity contribution < 1.29 is 14.5 Å². The Kier molecular flexibility index (Phi) is 3.77. The number of nitrogens with zero attached hydrogens (tertiary/aromatic N) is 2. The highest BCUT2D eigenvalue weighted by Crippen LogP contribution is 2.35. The van der Waals surface area contributed by atoms with E-state index in [2.05, 4.69) is 4.98 Å². The Morgan fingerprint density at radius 3 is 2.84 bits per heavy atom. The molecule has 2 rings (SSSR count). The highest BCUT2D eigenvalue weighted by molar-refractivity contribution is 7.15. The van der Waals surface area contributed by atoms with Gasteiger partial charge in [0, 0.05) is 6.07 Å². The predicted molar refractivity (Wildman–Crippen MR) is 70.4 cm³/mol. The number of hydrogen-bond donors (Lipinski definition) is 0. The average molecular weight is 299 g/mol. The van der Waals surface area contributed by atoms with Gasteiger partial charge >= 0.3 is 5.69 Å². The number of thiazole rings is 1. The van der Waals surface area contributed by atoms with Crippen molar-refractivity contribution in [3.05, 3.63) is 43.9 Å². The largest absolute Gasteiger partial charge is 0.423 e. The average Bonchev–Trinajstić information content (AvgIpc) is 2.71. The summed E-state index contributed by atoms with van der Waals surface area (Å²) in [5.74, 6) is 0.0541. The van der Waals surface area contributed by atoms with E-state index >= 15 is 0 Å². The fraction of sp³-hybridized carbons (Fsp3) is 0.0909. The summed E-state index contributed by atoms with van der Waals surface area (Å²) in [6.45, 7) is 1.74. The summed E-state index contributed by atoms with van der Waals surface area (Å²) in [4.78, 5) is 25.0. The molecule has 0 aliphatic rings. The lowest BCUT2D eigenvalue weighted by Gasteiger charge is -2.03. The van der Waals surface area contributed by atoms with Crippen LogP contribution in [0.3, 0.4) is 0 Å². The van der Waals surface area contributed by atoms with Gasteiger partial charge in [-0.25, -0.2) is 0 Å². The third-order valence-corrected chi connectivity index (χ3v) is 3.46. The summed E-state index contributed by atoms with van der Waals surface area (Å²) in [6, 6.07) is 4.55. The second kappa shape index (κ2) is 5.33. The summed E-state index contributed by atoms with van der Waals surface area (Å²) in [5.41, 5.74) is 0.573. The zero-order chi connectivity index (χ0) is 14.0. The van der Waals surface area contributed by atoms with Gasteiger partial charge in [0.25, 0.3) is 5.19 Å². The molecule has 0 aliphatic carbocycles. The molecule has 0 atom stereocenters. The minimum atomic E-state index is -0.543. The molecular weight excluding hydrogens is 292 g/mol. The number of carbonyl (C=O) groups excluding carboxylic acids is 1. The Hall–Kier alpha value is -1.99. The zero-order valence-electron chi connectivity index (χ0n) is 9.62. The lowest BCUT2D eigenvalue weighted by molar-refractivity contribution is -0.385. The number of aromatic nitrogens is 1. The molecule has 6 nitrogen and oxygen atoms in total. The SMILES string of the molecule is Cc1ccc(Oc2nc(Cl)c(C=O)s2)c([N+](=O)[O-])c1. The van der Waals surface area contributed by atoms with Crippen molar-refractivity contribution in [1.82, 2.24) is 4.98 Å². The van der Waals surface area contributed by atoms with Gasteiger partial charge in [0.1, 0.15) is 4.88 Å². The summed E-state index contributed by atoms with van der Waals surface area (Å²) in [6.07, 6.45) is 0.552.